The topological polar surface area (TPSA) is 78.4 Å². The van der Waals surface area contributed by atoms with Crippen LogP contribution in [0.5, 0.6) is 0 Å². The summed E-state index contributed by atoms with van der Waals surface area (Å²) in [6.45, 7) is 9.83. The molecule has 3 N–H and O–H groups in total. The largest absolute Gasteiger partial charge is 0.480 e. The van der Waals surface area contributed by atoms with Gasteiger partial charge in [-0.1, -0.05) is 20.8 Å². The monoisotopic (exact) mass is 276 g/mol. The van der Waals surface area contributed by atoms with Gasteiger partial charge in [0.25, 0.3) is 0 Å². The predicted molar refractivity (Wildman–Crippen MR) is 75.0 cm³/mol. The van der Waals surface area contributed by atoms with Crippen molar-refractivity contribution in [1.29, 1.82) is 0 Å². The fourth-order valence-corrected chi connectivity index (χ4v) is 1.41. The summed E-state index contributed by atoms with van der Waals surface area (Å²) < 4.78 is -0.0716. The average Bonchev–Trinajstić information content (AvgIpc) is 2.21. The number of rotatable bonds is 5. The maximum absolute atomic E-state index is 11.7. The summed E-state index contributed by atoms with van der Waals surface area (Å²) in [7, 11) is 0. The molecule has 18 heavy (non-hydrogen) atoms. The molecule has 0 unspecified atom stereocenters. The van der Waals surface area contributed by atoms with E-state index in [0.717, 1.165) is 0 Å². The van der Waals surface area contributed by atoms with Crippen LogP contribution in [0.4, 0.5) is 4.79 Å². The van der Waals surface area contributed by atoms with Crippen molar-refractivity contribution in [3.63, 3.8) is 0 Å². The Morgan fingerprint density at radius 1 is 1.22 bits per heavy atom. The summed E-state index contributed by atoms with van der Waals surface area (Å²) in [5.41, 5.74) is -0.530. The predicted octanol–water partition coefficient (Wildman–Crippen LogP) is 1.93. The number of carbonyl (C=O) groups is 2. The lowest BCUT2D eigenvalue weighted by molar-refractivity contribution is -0.141. The van der Waals surface area contributed by atoms with E-state index in [1.54, 1.807) is 32.5 Å². The van der Waals surface area contributed by atoms with E-state index in [1.807, 2.05) is 20.1 Å². The Morgan fingerprint density at radius 2 is 1.72 bits per heavy atom. The number of aliphatic carboxylic acids is 1. The highest BCUT2D eigenvalue weighted by Crippen LogP contribution is 2.20. The van der Waals surface area contributed by atoms with E-state index in [-0.39, 0.29) is 4.75 Å². The molecule has 0 aliphatic heterocycles. The zero-order valence-corrected chi connectivity index (χ0v) is 12.8. The molecule has 106 valence electrons. The molecule has 0 aliphatic rings. The third-order valence-corrected chi connectivity index (χ3v) is 3.87. The molecule has 0 saturated heterocycles. The minimum absolute atomic E-state index is 0.0716. The molecule has 0 saturated carbocycles. The lowest BCUT2D eigenvalue weighted by Crippen LogP contribution is -2.53. The number of nitrogens with one attached hydrogen (secondary N) is 2. The number of carbonyl (C=O) groups excluding carboxylic acids is 1. The van der Waals surface area contributed by atoms with E-state index in [9.17, 15) is 9.59 Å². The van der Waals surface area contributed by atoms with E-state index >= 15 is 0 Å². The van der Waals surface area contributed by atoms with Gasteiger partial charge in [0, 0.05) is 11.3 Å². The second-order valence-electron chi connectivity index (χ2n) is 5.93. The number of carboxylic acids is 1. The van der Waals surface area contributed by atoms with Gasteiger partial charge in [0.2, 0.25) is 0 Å². The third kappa shape index (κ3) is 6.14. The van der Waals surface area contributed by atoms with E-state index < -0.39 is 23.5 Å². The van der Waals surface area contributed by atoms with E-state index in [4.69, 9.17) is 5.11 Å². The van der Waals surface area contributed by atoms with E-state index in [0.29, 0.717) is 6.54 Å². The normalized spacial score (nSPS) is 13.9. The summed E-state index contributed by atoms with van der Waals surface area (Å²) in [5, 5.41) is 14.3. The Labute approximate surface area is 113 Å². The molecular formula is C12H24N2O3S. The summed E-state index contributed by atoms with van der Waals surface area (Å²) in [6, 6.07) is -1.35. The summed E-state index contributed by atoms with van der Waals surface area (Å²) >= 11 is 1.64. The van der Waals surface area contributed by atoms with Gasteiger partial charge in [0.1, 0.15) is 6.04 Å². The second kappa shape index (κ2) is 6.31. The van der Waals surface area contributed by atoms with Gasteiger partial charge in [-0.25, -0.2) is 9.59 Å². The van der Waals surface area contributed by atoms with Gasteiger partial charge in [-0.3, -0.25) is 0 Å². The smallest absolute Gasteiger partial charge is 0.326 e. The number of urea groups is 1. The molecule has 0 aromatic carbocycles. The Hall–Kier alpha value is -0.910. The van der Waals surface area contributed by atoms with Crippen molar-refractivity contribution in [2.24, 2.45) is 5.41 Å². The van der Waals surface area contributed by atoms with Crippen LogP contribution < -0.4 is 10.6 Å². The molecule has 0 rings (SSSR count). The summed E-state index contributed by atoms with van der Waals surface area (Å²) in [5.74, 6) is -1.03. The van der Waals surface area contributed by atoms with E-state index in [2.05, 4.69) is 10.6 Å². The van der Waals surface area contributed by atoms with Gasteiger partial charge in [-0.2, -0.15) is 11.8 Å². The van der Waals surface area contributed by atoms with Crippen molar-refractivity contribution in [1.82, 2.24) is 10.6 Å². The Balaban J connectivity index is 4.42. The van der Waals surface area contributed by atoms with Crippen molar-refractivity contribution in [2.45, 2.75) is 45.4 Å². The van der Waals surface area contributed by atoms with Gasteiger partial charge in [-0.05, 0) is 25.5 Å². The van der Waals surface area contributed by atoms with Crippen LogP contribution >= 0.6 is 11.8 Å². The molecule has 0 radical (unpaired) electrons. The van der Waals surface area contributed by atoms with Gasteiger partial charge in [-0.15, -0.1) is 0 Å². The van der Waals surface area contributed by atoms with Crippen molar-refractivity contribution in [3.05, 3.63) is 0 Å². The molecule has 1 atom stereocenters. The summed E-state index contributed by atoms with van der Waals surface area (Å²) in [4.78, 5) is 22.8. The maximum Gasteiger partial charge on any atom is 0.326 e. The van der Waals surface area contributed by atoms with Crippen LogP contribution in [0.15, 0.2) is 0 Å². The number of hydrogen-bond donors (Lipinski definition) is 3. The molecule has 6 heteroatoms. The fourth-order valence-electron chi connectivity index (χ4n) is 1.20. The third-order valence-electron chi connectivity index (χ3n) is 2.62. The Bertz CT molecular complexity index is 311. The van der Waals surface area contributed by atoms with Crippen LogP contribution in [0.3, 0.4) is 0 Å². The Morgan fingerprint density at radius 3 is 2.06 bits per heavy atom. The lowest BCUT2D eigenvalue weighted by atomic mass is 9.87. The van der Waals surface area contributed by atoms with Crippen LogP contribution in [0.2, 0.25) is 0 Å². The molecule has 0 aromatic heterocycles. The highest BCUT2D eigenvalue weighted by atomic mass is 32.2. The standard InChI is InChI=1S/C12H24N2O3S/c1-11(2,3)8(9(15)16)14-10(17)13-7-12(4,5)18-6/h8H,7H2,1-6H3,(H,15,16)(H2,13,14,17)/t8-/m0/s1. The van der Waals surface area contributed by atoms with Crippen LogP contribution in [0.25, 0.3) is 0 Å². The molecule has 0 fully saturated rings. The first kappa shape index (κ1) is 17.1. The number of amides is 2. The minimum atomic E-state index is -1.03. The van der Waals surface area contributed by atoms with Gasteiger partial charge < -0.3 is 15.7 Å². The average molecular weight is 276 g/mol. The van der Waals surface area contributed by atoms with Gasteiger partial charge in [0.15, 0.2) is 0 Å². The number of hydrogen-bond acceptors (Lipinski definition) is 3. The molecular weight excluding hydrogens is 252 g/mol. The zero-order chi connectivity index (χ0) is 14.6. The minimum Gasteiger partial charge on any atom is -0.480 e. The van der Waals surface area contributed by atoms with Gasteiger partial charge in [0.05, 0.1) is 0 Å². The van der Waals surface area contributed by atoms with Crippen molar-refractivity contribution < 1.29 is 14.7 Å². The van der Waals surface area contributed by atoms with Gasteiger partial charge >= 0.3 is 12.0 Å². The highest BCUT2D eigenvalue weighted by molar-refractivity contribution is 7.99. The first-order valence-electron chi connectivity index (χ1n) is 5.82. The quantitative estimate of drug-likeness (QED) is 0.717. The lowest BCUT2D eigenvalue weighted by Gasteiger charge is -2.29. The van der Waals surface area contributed by atoms with Crippen LogP contribution in [-0.2, 0) is 4.79 Å². The van der Waals surface area contributed by atoms with Crippen LogP contribution in [-0.4, -0.2) is 40.7 Å². The van der Waals surface area contributed by atoms with Crippen LogP contribution in [0.1, 0.15) is 34.6 Å². The maximum atomic E-state index is 11.7. The zero-order valence-electron chi connectivity index (χ0n) is 12.0. The summed E-state index contributed by atoms with van der Waals surface area (Å²) in [6.07, 6.45) is 1.97. The number of thioether (sulfide) groups is 1. The first-order valence-corrected chi connectivity index (χ1v) is 7.04. The molecule has 0 bridgehead atoms. The molecule has 0 aromatic rings. The van der Waals surface area contributed by atoms with Crippen molar-refractivity contribution in [2.75, 3.05) is 12.8 Å². The molecule has 0 spiro atoms. The molecule has 2 amide bonds. The molecule has 5 nitrogen and oxygen atoms in total. The van der Waals surface area contributed by atoms with Crippen molar-refractivity contribution >= 4 is 23.8 Å². The first-order chi connectivity index (χ1) is 7.99. The molecule has 0 heterocycles. The number of carboxylic acid groups (broad SMARTS) is 1. The highest BCUT2D eigenvalue weighted by Gasteiger charge is 2.32. The SMILES string of the molecule is CSC(C)(C)CNC(=O)N[C@@H](C(=O)O)C(C)(C)C. The van der Waals surface area contributed by atoms with Crippen LogP contribution in [0, 0.1) is 5.41 Å². The van der Waals surface area contributed by atoms with Crippen molar-refractivity contribution in [3.8, 4) is 0 Å². The molecule has 0 aliphatic carbocycles. The van der Waals surface area contributed by atoms with E-state index in [1.165, 1.54) is 0 Å². The Kier molecular flexibility index (Phi) is 5.99. The second-order valence-corrected chi connectivity index (χ2v) is 7.44. The fraction of sp³-hybridized carbons (Fsp3) is 0.833.